The summed E-state index contributed by atoms with van der Waals surface area (Å²) in [6.45, 7) is 3.69. The number of carboxylic acid groups (broad SMARTS) is 1. The Kier molecular flexibility index (Phi) is 2.44. The molecule has 0 saturated heterocycles. The van der Waals surface area contributed by atoms with Gasteiger partial charge in [-0.15, -0.1) is 0 Å². The first-order valence-corrected chi connectivity index (χ1v) is 4.80. The minimum absolute atomic E-state index is 0.244. The monoisotopic (exact) mass is 217 g/mol. The molecule has 0 spiro atoms. The molecule has 2 rings (SSSR count). The molecular formula is C11H11N3O2. The largest absolute Gasteiger partial charge is 0.478 e. The Morgan fingerprint density at radius 1 is 1.38 bits per heavy atom. The lowest BCUT2D eigenvalue weighted by Gasteiger charge is -2.05. The summed E-state index contributed by atoms with van der Waals surface area (Å²) in [4.78, 5) is 14.9. The van der Waals surface area contributed by atoms with Gasteiger partial charge in [0.05, 0.1) is 11.3 Å². The fourth-order valence-electron chi connectivity index (χ4n) is 1.45. The van der Waals surface area contributed by atoms with E-state index in [-0.39, 0.29) is 5.56 Å². The van der Waals surface area contributed by atoms with Crippen LogP contribution in [0.25, 0.3) is 5.69 Å². The van der Waals surface area contributed by atoms with Crippen molar-refractivity contribution in [3.63, 3.8) is 0 Å². The summed E-state index contributed by atoms with van der Waals surface area (Å²) < 4.78 is 1.58. The van der Waals surface area contributed by atoms with Crippen LogP contribution >= 0.6 is 0 Å². The minimum atomic E-state index is -0.946. The summed E-state index contributed by atoms with van der Waals surface area (Å²) >= 11 is 0. The second kappa shape index (κ2) is 3.77. The Labute approximate surface area is 92.4 Å². The molecular weight excluding hydrogens is 206 g/mol. The lowest BCUT2D eigenvalue weighted by molar-refractivity contribution is 0.0697. The molecule has 0 amide bonds. The van der Waals surface area contributed by atoms with Crippen molar-refractivity contribution in [2.45, 2.75) is 13.8 Å². The van der Waals surface area contributed by atoms with Gasteiger partial charge in [0.2, 0.25) is 0 Å². The smallest absolute Gasteiger partial charge is 0.335 e. The van der Waals surface area contributed by atoms with Gasteiger partial charge in [0.25, 0.3) is 0 Å². The first-order chi connectivity index (χ1) is 7.58. The second-order valence-electron chi connectivity index (χ2n) is 3.54. The Hall–Kier alpha value is -2.17. The van der Waals surface area contributed by atoms with Crippen LogP contribution in [0.2, 0.25) is 0 Å². The van der Waals surface area contributed by atoms with Crippen LogP contribution < -0.4 is 0 Å². The number of aromatic nitrogens is 3. The number of carbonyl (C=O) groups is 1. The SMILES string of the molecule is Cc1ncn(-c2cc(C(=O)O)ccc2C)n1. The fourth-order valence-corrected chi connectivity index (χ4v) is 1.45. The number of aryl methyl sites for hydroxylation is 2. The fraction of sp³-hybridized carbons (Fsp3) is 0.182. The predicted octanol–water partition coefficient (Wildman–Crippen LogP) is 1.58. The van der Waals surface area contributed by atoms with Crippen LogP contribution in [0.1, 0.15) is 21.7 Å². The van der Waals surface area contributed by atoms with Crippen molar-refractivity contribution in [2.24, 2.45) is 0 Å². The van der Waals surface area contributed by atoms with E-state index in [1.54, 1.807) is 36.1 Å². The maximum atomic E-state index is 10.9. The summed E-state index contributed by atoms with van der Waals surface area (Å²) in [7, 11) is 0. The zero-order valence-electron chi connectivity index (χ0n) is 9.01. The van der Waals surface area contributed by atoms with Gasteiger partial charge in [0.1, 0.15) is 12.2 Å². The first-order valence-electron chi connectivity index (χ1n) is 4.80. The van der Waals surface area contributed by atoms with Crippen molar-refractivity contribution < 1.29 is 9.90 Å². The van der Waals surface area contributed by atoms with E-state index in [9.17, 15) is 4.79 Å². The van der Waals surface area contributed by atoms with E-state index in [2.05, 4.69) is 10.1 Å². The molecule has 2 aromatic rings. The van der Waals surface area contributed by atoms with Gasteiger partial charge in [-0.1, -0.05) is 6.07 Å². The van der Waals surface area contributed by atoms with Crippen molar-refractivity contribution in [3.8, 4) is 5.69 Å². The highest BCUT2D eigenvalue weighted by Crippen LogP contribution is 2.15. The number of benzene rings is 1. The van der Waals surface area contributed by atoms with Gasteiger partial charge in [-0.2, -0.15) is 5.10 Å². The van der Waals surface area contributed by atoms with Crippen LogP contribution in [-0.2, 0) is 0 Å². The van der Waals surface area contributed by atoms with Gasteiger partial charge in [-0.05, 0) is 31.5 Å². The van der Waals surface area contributed by atoms with Crippen molar-refractivity contribution >= 4 is 5.97 Å². The normalized spacial score (nSPS) is 10.4. The molecule has 1 aromatic carbocycles. The highest BCUT2D eigenvalue weighted by atomic mass is 16.4. The summed E-state index contributed by atoms with van der Waals surface area (Å²) in [6.07, 6.45) is 1.57. The van der Waals surface area contributed by atoms with Crippen molar-refractivity contribution in [1.29, 1.82) is 0 Å². The number of carboxylic acids is 1. The zero-order chi connectivity index (χ0) is 11.7. The average Bonchev–Trinajstić information content (AvgIpc) is 2.65. The van der Waals surface area contributed by atoms with Crippen molar-refractivity contribution in [1.82, 2.24) is 14.8 Å². The third-order valence-corrected chi connectivity index (χ3v) is 2.31. The van der Waals surface area contributed by atoms with Crippen LogP contribution in [0.3, 0.4) is 0 Å². The molecule has 0 fully saturated rings. The van der Waals surface area contributed by atoms with Crippen LogP contribution in [0.15, 0.2) is 24.5 Å². The van der Waals surface area contributed by atoms with Crippen molar-refractivity contribution in [2.75, 3.05) is 0 Å². The number of aromatic carboxylic acids is 1. The molecule has 0 atom stereocenters. The summed E-state index contributed by atoms with van der Waals surface area (Å²) in [6, 6.07) is 4.92. The van der Waals surface area contributed by atoms with E-state index in [0.29, 0.717) is 5.82 Å². The van der Waals surface area contributed by atoms with E-state index in [1.165, 1.54) is 0 Å². The Balaban J connectivity index is 2.55. The van der Waals surface area contributed by atoms with E-state index >= 15 is 0 Å². The zero-order valence-corrected chi connectivity index (χ0v) is 9.01. The average molecular weight is 217 g/mol. The summed E-state index contributed by atoms with van der Waals surface area (Å²) in [5, 5.41) is 13.1. The highest BCUT2D eigenvalue weighted by Gasteiger charge is 2.08. The molecule has 82 valence electrons. The molecule has 0 aliphatic rings. The topological polar surface area (TPSA) is 68.0 Å². The summed E-state index contributed by atoms with van der Waals surface area (Å²) in [5.41, 5.74) is 1.93. The molecule has 0 radical (unpaired) electrons. The molecule has 5 nitrogen and oxygen atoms in total. The molecule has 1 N–H and O–H groups in total. The van der Waals surface area contributed by atoms with E-state index in [0.717, 1.165) is 11.3 Å². The number of nitrogens with zero attached hydrogens (tertiary/aromatic N) is 3. The molecule has 1 heterocycles. The molecule has 1 aromatic heterocycles. The molecule has 0 bridgehead atoms. The molecule has 0 unspecified atom stereocenters. The third kappa shape index (κ3) is 1.79. The molecule has 0 aliphatic heterocycles. The lowest BCUT2D eigenvalue weighted by atomic mass is 10.1. The molecule has 0 saturated carbocycles. The molecule has 0 aliphatic carbocycles. The number of hydrogen-bond donors (Lipinski definition) is 1. The lowest BCUT2D eigenvalue weighted by Crippen LogP contribution is -2.02. The van der Waals surface area contributed by atoms with Crippen LogP contribution in [0, 0.1) is 13.8 Å². The maximum absolute atomic E-state index is 10.9. The maximum Gasteiger partial charge on any atom is 0.335 e. The van der Waals surface area contributed by atoms with Crippen LogP contribution in [0.5, 0.6) is 0 Å². The Morgan fingerprint density at radius 2 is 2.12 bits per heavy atom. The minimum Gasteiger partial charge on any atom is -0.478 e. The molecule has 16 heavy (non-hydrogen) atoms. The number of rotatable bonds is 2. The van der Waals surface area contributed by atoms with Gasteiger partial charge < -0.3 is 5.11 Å². The van der Waals surface area contributed by atoms with Gasteiger partial charge in [-0.25, -0.2) is 14.5 Å². The van der Waals surface area contributed by atoms with Gasteiger partial charge >= 0.3 is 5.97 Å². The van der Waals surface area contributed by atoms with Crippen molar-refractivity contribution in [3.05, 3.63) is 41.5 Å². The molecule has 5 heteroatoms. The second-order valence-corrected chi connectivity index (χ2v) is 3.54. The van der Waals surface area contributed by atoms with Gasteiger partial charge in [0.15, 0.2) is 0 Å². The standard InChI is InChI=1S/C11H11N3O2/c1-7-3-4-9(11(15)16)5-10(7)14-6-12-8(2)13-14/h3-6H,1-2H3,(H,15,16). The van der Waals surface area contributed by atoms with Crippen LogP contribution in [-0.4, -0.2) is 25.8 Å². The van der Waals surface area contributed by atoms with E-state index < -0.39 is 5.97 Å². The quantitative estimate of drug-likeness (QED) is 0.829. The third-order valence-electron chi connectivity index (χ3n) is 2.31. The van der Waals surface area contributed by atoms with E-state index in [4.69, 9.17) is 5.11 Å². The van der Waals surface area contributed by atoms with Gasteiger partial charge in [-0.3, -0.25) is 0 Å². The van der Waals surface area contributed by atoms with Gasteiger partial charge in [0, 0.05) is 0 Å². The highest BCUT2D eigenvalue weighted by molar-refractivity contribution is 5.88. The first kappa shape index (κ1) is 10.4. The Bertz CT molecular complexity index is 546. The summed E-state index contributed by atoms with van der Waals surface area (Å²) in [5.74, 6) is -0.293. The van der Waals surface area contributed by atoms with E-state index in [1.807, 2.05) is 6.92 Å². The Morgan fingerprint density at radius 3 is 2.69 bits per heavy atom. The predicted molar refractivity (Wildman–Crippen MR) is 57.8 cm³/mol. The number of hydrogen-bond acceptors (Lipinski definition) is 3. The van der Waals surface area contributed by atoms with Crippen LogP contribution in [0.4, 0.5) is 0 Å².